The summed E-state index contributed by atoms with van der Waals surface area (Å²) in [5.41, 5.74) is 2.77. The van der Waals surface area contributed by atoms with Gasteiger partial charge in [-0.05, 0) is 57.3 Å². The van der Waals surface area contributed by atoms with Crippen molar-refractivity contribution in [3.05, 3.63) is 78.2 Å². The number of hydrogen-bond donors (Lipinski definition) is 1. The molecule has 2 atom stereocenters. The minimum absolute atomic E-state index is 0.0863. The monoisotopic (exact) mass is 474 g/mol. The van der Waals surface area contributed by atoms with Gasteiger partial charge in [-0.3, -0.25) is 14.7 Å². The molecule has 0 saturated heterocycles. The highest BCUT2D eigenvalue weighted by Gasteiger charge is 2.25. The number of thioether (sulfide) groups is 1. The van der Waals surface area contributed by atoms with Gasteiger partial charge >= 0.3 is 0 Å². The third kappa shape index (κ3) is 5.29. The molecule has 1 amide bonds. The summed E-state index contributed by atoms with van der Waals surface area (Å²) in [7, 11) is 4.11. The lowest BCUT2D eigenvalue weighted by Crippen LogP contribution is -2.25. The highest BCUT2D eigenvalue weighted by Crippen LogP contribution is 2.29. The van der Waals surface area contributed by atoms with Crippen molar-refractivity contribution in [3.63, 3.8) is 0 Å². The van der Waals surface area contributed by atoms with Crippen LogP contribution in [0.15, 0.2) is 72.0 Å². The molecule has 0 aliphatic carbocycles. The predicted octanol–water partition coefficient (Wildman–Crippen LogP) is 5.01. The average Bonchev–Trinajstić information content (AvgIpc) is 3.21. The number of nitrogens with one attached hydrogen (secondary N) is 1. The van der Waals surface area contributed by atoms with Gasteiger partial charge in [0.05, 0.1) is 29.0 Å². The first kappa shape index (κ1) is 23.9. The van der Waals surface area contributed by atoms with E-state index in [1.807, 2.05) is 55.5 Å². The SMILES string of the molecule is CCC(c1nnc(SC(C)C(=O)Nc2cccc3ncccc23)n1Cc1ccccc1)N(C)C. The summed E-state index contributed by atoms with van der Waals surface area (Å²) in [4.78, 5) is 19.6. The minimum Gasteiger partial charge on any atom is -0.324 e. The van der Waals surface area contributed by atoms with Crippen molar-refractivity contribution < 1.29 is 4.79 Å². The van der Waals surface area contributed by atoms with Crippen molar-refractivity contribution in [1.82, 2.24) is 24.6 Å². The van der Waals surface area contributed by atoms with E-state index in [1.165, 1.54) is 17.3 Å². The van der Waals surface area contributed by atoms with E-state index in [0.29, 0.717) is 6.54 Å². The fraction of sp³-hybridized carbons (Fsp3) is 0.308. The number of pyridine rings is 1. The van der Waals surface area contributed by atoms with Gasteiger partial charge in [-0.2, -0.15) is 0 Å². The smallest absolute Gasteiger partial charge is 0.237 e. The maximum absolute atomic E-state index is 13.1. The van der Waals surface area contributed by atoms with Crippen LogP contribution in [0.4, 0.5) is 5.69 Å². The standard InChI is InChI=1S/C26H30N6OS/c1-5-23(31(3)4)24-29-30-26(32(24)17-19-11-7-6-8-12-19)34-18(2)25(33)28-22-15-9-14-21-20(22)13-10-16-27-21/h6-16,18,23H,5,17H2,1-4H3,(H,28,33). The van der Waals surface area contributed by atoms with Gasteiger partial charge in [-0.15, -0.1) is 10.2 Å². The van der Waals surface area contributed by atoms with Gasteiger partial charge in [0.1, 0.15) is 0 Å². The van der Waals surface area contributed by atoms with E-state index in [2.05, 4.69) is 63.1 Å². The summed E-state index contributed by atoms with van der Waals surface area (Å²) in [6, 6.07) is 20.0. The molecule has 34 heavy (non-hydrogen) atoms. The zero-order valence-corrected chi connectivity index (χ0v) is 20.8. The lowest BCUT2D eigenvalue weighted by atomic mass is 10.2. The van der Waals surface area contributed by atoms with Crippen molar-refractivity contribution in [2.75, 3.05) is 19.4 Å². The molecule has 176 valence electrons. The highest BCUT2D eigenvalue weighted by atomic mass is 32.2. The number of benzene rings is 2. The number of carbonyl (C=O) groups is 1. The van der Waals surface area contributed by atoms with Crippen LogP contribution in [0, 0.1) is 0 Å². The zero-order chi connectivity index (χ0) is 24.1. The third-order valence-corrected chi connectivity index (χ3v) is 6.87. The lowest BCUT2D eigenvalue weighted by Gasteiger charge is -2.23. The number of anilines is 1. The van der Waals surface area contributed by atoms with Crippen molar-refractivity contribution >= 4 is 34.3 Å². The molecule has 0 spiro atoms. The molecule has 0 aliphatic heterocycles. The fourth-order valence-corrected chi connectivity index (χ4v) is 4.84. The molecular formula is C26H30N6OS. The summed E-state index contributed by atoms with van der Waals surface area (Å²) >= 11 is 1.43. The predicted molar refractivity (Wildman–Crippen MR) is 138 cm³/mol. The quantitative estimate of drug-likeness (QED) is 0.344. The Morgan fingerprint density at radius 1 is 1.06 bits per heavy atom. The molecule has 0 saturated carbocycles. The van der Waals surface area contributed by atoms with Crippen LogP contribution in [0.1, 0.15) is 37.7 Å². The number of amides is 1. The first-order valence-corrected chi connectivity index (χ1v) is 12.3. The second kappa shape index (κ2) is 10.8. The minimum atomic E-state index is -0.363. The second-order valence-electron chi connectivity index (χ2n) is 8.43. The summed E-state index contributed by atoms with van der Waals surface area (Å²) in [5.74, 6) is 0.823. The molecule has 2 aromatic heterocycles. The number of carbonyl (C=O) groups excluding carboxylic acids is 1. The summed E-state index contributed by atoms with van der Waals surface area (Å²) in [5, 5.41) is 13.4. The molecule has 4 aromatic rings. The van der Waals surface area contributed by atoms with Crippen LogP contribution in [-0.4, -0.2) is 49.9 Å². The van der Waals surface area contributed by atoms with E-state index in [9.17, 15) is 4.79 Å². The Kier molecular flexibility index (Phi) is 7.59. The van der Waals surface area contributed by atoms with Gasteiger partial charge in [-0.25, -0.2) is 0 Å². The Labute approximate surface area is 204 Å². The number of rotatable bonds is 9. The van der Waals surface area contributed by atoms with Crippen LogP contribution in [0.2, 0.25) is 0 Å². The van der Waals surface area contributed by atoms with Gasteiger partial charge in [0.25, 0.3) is 0 Å². The maximum atomic E-state index is 13.1. The third-order valence-electron chi connectivity index (χ3n) is 5.79. The Bertz CT molecular complexity index is 1250. The number of aromatic nitrogens is 4. The van der Waals surface area contributed by atoms with Crippen molar-refractivity contribution in [2.24, 2.45) is 0 Å². The fourth-order valence-electron chi connectivity index (χ4n) is 3.99. The first-order valence-electron chi connectivity index (χ1n) is 11.4. The summed E-state index contributed by atoms with van der Waals surface area (Å²) < 4.78 is 2.14. The van der Waals surface area contributed by atoms with Crippen LogP contribution in [0.3, 0.4) is 0 Å². The molecule has 0 radical (unpaired) electrons. The lowest BCUT2D eigenvalue weighted by molar-refractivity contribution is -0.115. The van der Waals surface area contributed by atoms with Crippen molar-refractivity contribution in [3.8, 4) is 0 Å². The van der Waals surface area contributed by atoms with E-state index in [4.69, 9.17) is 0 Å². The first-order chi connectivity index (χ1) is 16.5. The number of hydrogen-bond acceptors (Lipinski definition) is 6. The molecule has 0 bridgehead atoms. The van der Waals surface area contributed by atoms with E-state index in [-0.39, 0.29) is 17.2 Å². The molecule has 0 aliphatic rings. The van der Waals surface area contributed by atoms with E-state index >= 15 is 0 Å². The topological polar surface area (TPSA) is 75.9 Å². The Morgan fingerprint density at radius 3 is 2.59 bits per heavy atom. The molecular weight excluding hydrogens is 444 g/mol. The highest BCUT2D eigenvalue weighted by molar-refractivity contribution is 8.00. The molecule has 2 heterocycles. The molecule has 4 rings (SSSR count). The number of fused-ring (bicyclic) bond motifs is 1. The van der Waals surface area contributed by atoms with Crippen LogP contribution in [0.25, 0.3) is 10.9 Å². The van der Waals surface area contributed by atoms with Gasteiger partial charge in [0.2, 0.25) is 5.91 Å². The maximum Gasteiger partial charge on any atom is 0.237 e. The molecule has 7 nitrogen and oxygen atoms in total. The van der Waals surface area contributed by atoms with Gasteiger partial charge in [0.15, 0.2) is 11.0 Å². The van der Waals surface area contributed by atoms with Crippen LogP contribution >= 0.6 is 11.8 Å². The van der Waals surface area contributed by atoms with E-state index in [0.717, 1.165) is 34.0 Å². The molecule has 8 heteroatoms. The number of nitrogens with zero attached hydrogens (tertiary/aromatic N) is 5. The van der Waals surface area contributed by atoms with Gasteiger partial charge in [0, 0.05) is 11.6 Å². The van der Waals surface area contributed by atoms with Crippen LogP contribution < -0.4 is 5.32 Å². The molecule has 2 aromatic carbocycles. The van der Waals surface area contributed by atoms with Crippen LogP contribution in [0.5, 0.6) is 0 Å². The molecule has 0 fully saturated rings. The Hall–Kier alpha value is -3.23. The second-order valence-corrected chi connectivity index (χ2v) is 9.73. The average molecular weight is 475 g/mol. The summed E-state index contributed by atoms with van der Waals surface area (Å²) in [6.45, 7) is 4.70. The normalized spacial score (nSPS) is 13.2. The Balaban J connectivity index is 1.58. The van der Waals surface area contributed by atoms with Gasteiger partial charge < -0.3 is 9.88 Å². The summed E-state index contributed by atoms with van der Waals surface area (Å²) in [6.07, 6.45) is 2.66. The Morgan fingerprint density at radius 2 is 1.85 bits per heavy atom. The van der Waals surface area contributed by atoms with E-state index in [1.54, 1.807) is 6.20 Å². The largest absolute Gasteiger partial charge is 0.324 e. The van der Waals surface area contributed by atoms with Crippen molar-refractivity contribution in [1.29, 1.82) is 0 Å². The zero-order valence-electron chi connectivity index (χ0n) is 20.0. The molecule has 2 unspecified atom stereocenters. The van der Waals surface area contributed by atoms with E-state index < -0.39 is 0 Å². The van der Waals surface area contributed by atoms with Crippen LogP contribution in [-0.2, 0) is 11.3 Å². The van der Waals surface area contributed by atoms with Gasteiger partial charge in [-0.1, -0.05) is 55.1 Å². The van der Waals surface area contributed by atoms with Crippen molar-refractivity contribution in [2.45, 2.75) is 43.3 Å². The molecule has 1 N–H and O–H groups in total.